The maximum absolute atomic E-state index is 6.46. The largest absolute Gasteiger partial charge is 0.457 e. The van der Waals surface area contributed by atoms with E-state index in [2.05, 4.69) is 44.5 Å². The molecule has 0 amide bonds. The molecule has 3 N–H and O–H groups in total. The number of aromatic nitrogens is 2. The van der Waals surface area contributed by atoms with Gasteiger partial charge in [0, 0.05) is 18.8 Å². The van der Waals surface area contributed by atoms with Crippen molar-refractivity contribution in [3.05, 3.63) is 96.3 Å². The summed E-state index contributed by atoms with van der Waals surface area (Å²) in [5.74, 6) is 2.92. The number of benzene rings is 3. The molecule has 4 aromatic rings. The van der Waals surface area contributed by atoms with E-state index < -0.39 is 0 Å². The molecule has 1 aromatic heterocycles. The van der Waals surface area contributed by atoms with Gasteiger partial charge < -0.3 is 20.7 Å². The van der Waals surface area contributed by atoms with Gasteiger partial charge in [-0.1, -0.05) is 42.5 Å². The summed E-state index contributed by atoms with van der Waals surface area (Å²) >= 11 is 0. The zero-order valence-electron chi connectivity index (χ0n) is 17.0. The van der Waals surface area contributed by atoms with Gasteiger partial charge in [0.1, 0.15) is 23.5 Å². The van der Waals surface area contributed by atoms with E-state index in [9.17, 15) is 0 Å². The molecule has 6 heteroatoms. The van der Waals surface area contributed by atoms with E-state index in [0.717, 1.165) is 42.5 Å². The molecule has 0 fully saturated rings. The highest BCUT2D eigenvalue weighted by Gasteiger charge is 2.20. The van der Waals surface area contributed by atoms with Crippen LogP contribution in [0.5, 0.6) is 11.5 Å². The van der Waals surface area contributed by atoms with E-state index in [4.69, 9.17) is 10.5 Å². The lowest BCUT2D eigenvalue weighted by Crippen LogP contribution is -2.31. The minimum atomic E-state index is 0.548. The predicted molar refractivity (Wildman–Crippen MR) is 124 cm³/mol. The first-order valence-electron chi connectivity index (χ1n) is 10.3. The third-order valence-corrected chi connectivity index (χ3v) is 5.39. The molecular formula is C25H23N5O. The van der Waals surface area contributed by atoms with Crippen LogP contribution in [-0.4, -0.2) is 16.5 Å². The van der Waals surface area contributed by atoms with Gasteiger partial charge >= 0.3 is 0 Å². The molecule has 5 rings (SSSR count). The van der Waals surface area contributed by atoms with Gasteiger partial charge in [0.15, 0.2) is 11.6 Å². The smallest absolute Gasteiger partial charge is 0.159 e. The van der Waals surface area contributed by atoms with Crippen LogP contribution < -0.4 is 20.7 Å². The molecule has 0 radical (unpaired) electrons. The molecule has 0 saturated carbocycles. The fourth-order valence-electron chi connectivity index (χ4n) is 3.78. The fourth-order valence-corrected chi connectivity index (χ4v) is 3.78. The van der Waals surface area contributed by atoms with Crippen LogP contribution in [0.4, 0.5) is 23.0 Å². The summed E-state index contributed by atoms with van der Waals surface area (Å²) in [6, 6.07) is 25.9. The van der Waals surface area contributed by atoms with Crippen LogP contribution in [0.2, 0.25) is 0 Å². The number of fused-ring (bicyclic) bond motifs is 1. The zero-order valence-corrected chi connectivity index (χ0v) is 17.0. The van der Waals surface area contributed by atoms with Gasteiger partial charge in [-0.05, 0) is 53.9 Å². The number of anilines is 4. The minimum absolute atomic E-state index is 0.548. The zero-order chi connectivity index (χ0) is 21.0. The van der Waals surface area contributed by atoms with Crippen LogP contribution in [0.25, 0.3) is 0 Å². The van der Waals surface area contributed by atoms with E-state index in [-0.39, 0.29) is 0 Å². The minimum Gasteiger partial charge on any atom is -0.457 e. The number of hydrogen-bond donors (Lipinski definition) is 2. The SMILES string of the molecule is Nc1c(Nc2ccc(Oc3ccccc3)cc2)ncnc1N1CCc2ccccc2C1. The quantitative estimate of drug-likeness (QED) is 0.474. The molecule has 154 valence electrons. The van der Waals surface area contributed by atoms with Crippen molar-refractivity contribution in [3.63, 3.8) is 0 Å². The topological polar surface area (TPSA) is 76.3 Å². The Balaban J connectivity index is 1.31. The molecule has 3 aromatic carbocycles. The summed E-state index contributed by atoms with van der Waals surface area (Å²) in [6.07, 6.45) is 2.53. The summed E-state index contributed by atoms with van der Waals surface area (Å²) in [6.45, 7) is 1.67. The highest BCUT2D eigenvalue weighted by molar-refractivity contribution is 5.78. The van der Waals surface area contributed by atoms with Crippen molar-refractivity contribution in [3.8, 4) is 11.5 Å². The Kier molecular flexibility index (Phi) is 5.10. The first-order chi connectivity index (χ1) is 15.3. The molecule has 2 heterocycles. The molecule has 0 spiro atoms. The van der Waals surface area contributed by atoms with Crippen molar-refractivity contribution in [2.75, 3.05) is 22.5 Å². The lowest BCUT2D eigenvalue weighted by atomic mass is 10.00. The molecule has 0 atom stereocenters. The maximum atomic E-state index is 6.46. The van der Waals surface area contributed by atoms with Crippen LogP contribution in [0.15, 0.2) is 85.2 Å². The molecule has 0 unspecified atom stereocenters. The van der Waals surface area contributed by atoms with Gasteiger partial charge in [0.05, 0.1) is 0 Å². The van der Waals surface area contributed by atoms with Crippen molar-refractivity contribution >= 4 is 23.0 Å². The number of nitrogen functional groups attached to an aromatic ring is 1. The predicted octanol–water partition coefficient (Wildman–Crippen LogP) is 5.16. The second-order valence-corrected chi connectivity index (χ2v) is 7.46. The lowest BCUT2D eigenvalue weighted by molar-refractivity contribution is 0.483. The second-order valence-electron chi connectivity index (χ2n) is 7.46. The van der Waals surface area contributed by atoms with Gasteiger partial charge in [-0.25, -0.2) is 9.97 Å². The van der Waals surface area contributed by atoms with Gasteiger partial charge in [0.25, 0.3) is 0 Å². The lowest BCUT2D eigenvalue weighted by Gasteiger charge is -2.30. The number of nitrogens with zero attached hydrogens (tertiary/aromatic N) is 3. The van der Waals surface area contributed by atoms with Crippen LogP contribution in [0.1, 0.15) is 11.1 Å². The number of rotatable bonds is 5. The van der Waals surface area contributed by atoms with E-state index in [1.54, 1.807) is 6.33 Å². The summed E-state index contributed by atoms with van der Waals surface area (Å²) in [5, 5.41) is 3.30. The van der Waals surface area contributed by atoms with Crippen molar-refractivity contribution in [2.45, 2.75) is 13.0 Å². The Morgan fingerprint density at radius 2 is 1.52 bits per heavy atom. The van der Waals surface area contributed by atoms with Gasteiger partial charge in [0.2, 0.25) is 0 Å². The monoisotopic (exact) mass is 409 g/mol. The van der Waals surface area contributed by atoms with Gasteiger partial charge in [-0.2, -0.15) is 0 Å². The number of nitrogens with two attached hydrogens (primary N) is 1. The Labute approximate surface area is 181 Å². The van der Waals surface area contributed by atoms with Crippen LogP contribution in [0.3, 0.4) is 0 Å². The molecular weight excluding hydrogens is 386 g/mol. The maximum Gasteiger partial charge on any atom is 0.159 e. The Bertz CT molecular complexity index is 1180. The number of nitrogens with one attached hydrogen (secondary N) is 1. The van der Waals surface area contributed by atoms with Crippen LogP contribution in [-0.2, 0) is 13.0 Å². The molecule has 6 nitrogen and oxygen atoms in total. The fraction of sp³-hybridized carbons (Fsp3) is 0.120. The summed E-state index contributed by atoms with van der Waals surface area (Å²) < 4.78 is 5.85. The standard InChI is InChI=1S/C25H23N5O/c26-23-24(29-20-10-12-22(13-11-20)31-21-8-2-1-3-9-21)27-17-28-25(23)30-15-14-18-6-4-5-7-19(18)16-30/h1-13,17H,14-16,26H2,(H,27,28,29). The average molecular weight is 409 g/mol. The second kappa shape index (κ2) is 8.36. The summed E-state index contributed by atoms with van der Waals surface area (Å²) in [5.41, 5.74) is 10.6. The van der Waals surface area contributed by atoms with Crippen molar-refractivity contribution in [1.29, 1.82) is 0 Å². The Morgan fingerprint density at radius 1 is 0.806 bits per heavy atom. The highest BCUT2D eigenvalue weighted by atomic mass is 16.5. The first kappa shape index (κ1) is 18.9. The van der Waals surface area contributed by atoms with Crippen LogP contribution >= 0.6 is 0 Å². The average Bonchev–Trinajstić information content (AvgIpc) is 2.82. The van der Waals surface area contributed by atoms with Gasteiger partial charge in [-0.3, -0.25) is 0 Å². The normalized spacial score (nSPS) is 12.8. The number of para-hydroxylation sites is 1. The Morgan fingerprint density at radius 3 is 2.32 bits per heavy atom. The van der Waals surface area contributed by atoms with E-state index >= 15 is 0 Å². The van der Waals surface area contributed by atoms with Crippen molar-refractivity contribution < 1.29 is 4.74 Å². The number of hydrogen-bond acceptors (Lipinski definition) is 6. The summed E-state index contributed by atoms with van der Waals surface area (Å²) in [4.78, 5) is 11.0. The van der Waals surface area contributed by atoms with Crippen LogP contribution in [0, 0.1) is 0 Å². The molecule has 0 aliphatic carbocycles. The summed E-state index contributed by atoms with van der Waals surface area (Å²) in [7, 11) is 0. The highest BCUT2D eigenvalue weighted by Crippen LogP contribution is 2.32. The van der Waals surface area contributed by atoms with Crippen molar-refractivity contribution in [2.24, 2.45) is 0 Å². The molecule has 0 saturated heterocycles. The van der Waals surface area contributed by atoms with Crippen molar-refractivity contribution in [1.82, 2.24) is 9.97 Å². The third-order valence-electron chi connectivity index (χ3n) is 5.39. The first-order valence-corrected chi connectivity index (χ1v) is 10.3. The van der Waals surface area contributed by atoms with E-state index in [1.165, 1.54) is 11.1 Å². The van der Waals surface area contributed by atoms with E-state index in [0.29, 0.717) is 11.5 Å². The molecule has 0 bridgehead atoms. The molecule has 1 aliphatic rings. The number of ether oxygens (including phenoxy) is 1. The third kappa shape index (κ3) is 4.14. The van der Waals surface area contributed by atoms with Gasteiger partial charge in [-0.15, -0.1) is 0 Å². The van der Waals surface area contributed by atoms with E-state index in [1.807, 2.05) is 54.6 Å². The Hall–Kier alpha value is -4.06. The molecule has 31 heavy (non-hydrogen) atoms. The molecule has 1 aliphatic heterocycles.